The number of nitrogens with zero attached hydrogens (tertiary/aromatic N) is 1. The average Bonchev–Trinajstić information content (AvgIpc) is 2.98. The minimum atomic E-state index is 0.173. The van der Waals surface area contributed by atoms with Crippen molar-refractivity contribution in [3.63, 3.8) is 0 Å². The van der Waals surface area contributed by atoms with Crippen molar-refractivity contribution in [2.24, 2.45) is 0 Å². The molecule has 0 atom stereocenters. The first kappa shape index (κ1) is 13.8. The first-order valence-corrected chi connectivity index (χ1v) is 7.77. The Kier molecular flexibility index (Phi) is 4.57. The van der Waals surface area contributed by atoms with E-state index >= 15 is 0 Å². The summed E-state index contributed by atoms with van der Waals surface area (Å²) in [5, 5.41) is 6.94. The van der Waals surface area contributed by atoms with Gasteiger partial charge < -0.3 is 5.32 Å². The number of nitrogens with one attached hydrogen (secondary N) is 1. The maximum atomic E-state index is 4.69. The van der Waals surface area contributed by atoms with Gasteiger partial charge in [-0.2, -0.15) is 0 Å². The molecule has 0 saturated heterocycles. The third-order valence-corrected chi connectivity index (χ3v) is 3.97. The van der Waals surface area contributed by atoms with Gasteiger partial charge in [-0.15, -0.1) is 11.3 Å². The molecule has 2 nitrogen and oxygen atoms in total. The molecule has 0 radical (unpaired) electrons. The van der Waals surface area contributed by atoms with Crippen molar-refractivity contribution in [3.8, 4) is 0 Å². The zero-order chi connectivity index (χ0) is 13.0. The van der Waals surface area contributed by atoms with E-state index in [0.717, 1.165) is 25.4 Å². The van der Waals surface area contributed by atoms with E-state index in [1.165, 1.54) is 23.5 Å². The molecule has 0 amide bonds. The van der Waals surface area contributed by atoms with Gasteiger partial charge in [0.15, 0.2) is 0 Å². The van der Waals surface area contributed by atoms with E-state index in [0.29, 0.717) is 0 Å². The maximum Gasteiger partial charge on any atom is 0.0966 e. The van der Waals surface area contributed by atoms with E-state index in [9.17, 15) is 0 Å². The molecule has 0 aromatic carbocycles. The zero-order valence-electron chi connectivity index (χ0n) is 11.7. The number of thiazole rings is 1. The van der Waals surface area contributed by atoms with Crippen LogP contribution in [-0.4, -0.2) is 17.6 Å². The quantitative estimate of drug-likeness (QED) is 0.626. The normalized spacial score (nSPS) is 16.6. The van der Waals surface area contributed by atoms with E-state index in [4.69, 9.17) is 0 Å². The molecule has 100 valence electrons. The first-order valence-electron chi connectivity index (χ1n) is 6.89. The molecule has 0 unspecified atom stereocenters. The fourth-order valence-electron chi connectivity index (χ4n) is 1.71. The number of aromatic nitrogens is 1. The molecule has 1 saturated carbocycles. The van der Waals surface area contributed by atoms with Crippen LogP contribution >= 0.6 is 11.3 Å². The van der Waals surface area contributed by atoms with Gasteiger partial charge in [0.1, 0.15) is 0 Å². The lowest BCUT2D eigenvalue weighted by Crippen LogP contribution is -2.16. The van der Waals surface area contributed by atoms with E-state index in [-0.39, 0.29) is 5.41 Å². The first-order chi connectivity index (χ1) is 8.55. The smallest absolute Gasteiger partial charge is 0.0966 e. The maximum absolute atomic E-state index is 4.69. The Morgan fingerprint density at radius 2 is 2.17 bits per heavy atom. The van der Waals surface area contributed by atoms with Gasteiger partial charge in [-0.1, -0.05) is 32.9 Å². The molecule has 1 aliphatic rings. The molecule has 1 heterocycles. The summed E-state index contributed by atoms with van der Waals surface area (Å²) < 4.78 is 0. The second-order valence-corrected chi connectivity index (χ2v) is 7.01. The fraction of sp³-hybridized carbons (Fsp3) is 0.667. The Bertz CT molecular complexity index is 397. The molecular formula is C15H24N2S. The lowest BCUT2D eigenvalue weighted by Gasteiger charge is -2.14. The Hall–Kier alpha value is -0.670. The van der Waals surface area contributed by atoms with Crippen molar-refractivity contribution in [2.45, 2.75) is 57.9 Å². The largest absolute Gasteiger partial charge is 0.314 e. The van der Waals surface area contributed by atoms with Crippen LogP contribution in [-0.2, 0) is 11.8 Å². The zero-order valence-corrected chi connectivity index (χ0v) is 12.5. The van der Waals surface area contributed by atoms with Crippen molar-refractivity contribution >= 4 is 11.3 Å². The molecule has 1 fully saturated rings. The van der Waals surface area contributed by atoms with E-state index in [1.54, 1.807) is 11.3 Å². The highest BCUT2D eigenvalue weighted by Crippen LogP contribution is 2.24. The molecule has 1 aromatic rings. The van der Waals surface area contributed by atoms with Gasteiger partial charge in [0.2, 0.25) is 0 Å². The van der Waals surface area contributed by atoms with Gasteiger partial charge in [0.05, 0.1) is 10.7 Å². The Morgan fingerprint density at radius 1 is 1.39 bits per heavy atom. The summed E-state index contributed by atoms with van der Waals surface area (Å²) in [6.07, 6.45) is 9.38. The van der Waals surface area contributed by atoms with Gasteiger partial charge in [-0.3, -0.25) is 0 Å². The van der Waals surface area contributed by atoms with Gasteiger partial charge in [-0.05, 0) is 25.8 Å². The fourth-order valence-corrected chi connectivity index (χ4v) is 2.71. The van der Waals surface area contributed by atoms with Gasteiger partial charge in [0, 0.05) is 23.3 Å². The third-order valence-electron chi connectivity index (χ3n) is 3.10. The lowest BCUT2D eigenvalue weighted by atomic mass is 9.93. The standard InChI is InChI=1S/C15H24N2S/c1-15(2,3)13-11-18-14(17-13)7-5-4-6-10-16-12-8-9-12/h4-5,11-12,16H,6-10H2,1-3H3. The third kappa shape index (κ3) is 4.54. The minimum Gasteiger partial charge on any atom is -0.314 e. The lowest BCUT2D eigenvalue weighted by molar-refractivity contribution is 0.571. The van der Waals surface area contributed by atoms with Crippen LogP contribution in [0, 0.1) is 0 Å². The summed E-state index contributed by atoms with van der Waals surface area (Å²) in [4.78, 5) is 4.69. The number of hydrogen-bond donors (Lipinski definition) is 1. The molecule has 3 heteroatoms. The predicted octanol–water partition coefficient (Wildman–Crippen LogP) is 3.68. The number of rotatable bonds is 6. The highest BCUT2D eigenvalue weighted by molar-refractivity contribution is 7.09. The second-order valence-electron chi connectivity index (χ2n) is 6.07. The topological polar surface area (TPSA) is 24.9 Å². The Labute approximate surface area is 115 Å². The highest BCUT2D eigenvalue weighted by Gasteiger charge is 2.19. The molecule has 1 N–H and O–H groups in total. The summed E-state index contributed by atoms with van der Waals surface area (Å²) in [5.74, 6) is 0. The highest BCUT2D eigenvalue weighted by atomic mass is 32.1. The van der Waals surface area contributed by atoms with E-state index in [2.05, 4.69) is 48.6 Å². The van der Waals surface area contributed by atoms with Crippen LogP contribution in [0.2, 0.25) is 0 Å². The van der Waals surface area contributed by atoms with E-state index < -0.39 is 0 Å². The molecule has 1 aromatic heterocycles. The van der Waals surface area contributed by atoms with E-state index in [1.807, 2.05) is 0 Å². The monoisotopic (exact) mass is 264 g/mol. The summed E-state index contributed by atoms with van der Waals surface area (Å²) >= 11 is 1.78. The summed E-state index contributed by atoms with van der Waals surface area (Å²) in [6, 6.07) is 0.826. The Balaban J connectivity index is 1.68. The molecule has 2 rings (SSSR count). The van der Waals surface area contributed by atoms with Crippen LogP contribution in [0.4, 0.5) is 0 Å². The van der Waals surface area contributed by atoms with Crippen LogP contribution in [0.25, 0.3) is 0 Å². The van der Waals surface area contributed by atoms with Crippen molar-refractivity contribution in [1.82, 2.24) is 10.3 Å². The molecule has 0 aliphatic heterocycles. The van der Waals surface area contributed by atoms with Crippen LogP contribution in [0.15, 0.2) is 17.5 Å². The SMILES string of the molecule is CC(C)(C)c1csc(CC=CCCNC2CC2)n1. The number of hydrogen-bond acceptors (Lipinski definition) is 3. The minimum absolute atomic E-state index is 0.173. The molecule has 0 spiro atoms. The van der Waals surface area contributed by atoms with Crippen molar-refractivity contribution in [1.29, 1.82) is 0 Å². The second kappa shape index (κ2) is 5.98. The van der Waals surface area contributed by atoms with Crippen LogP contribution in [0.1, 0.15) is 50.7 Å². The summed E-state index contributed by atoms with van der Waals surface area (Å²) in [5.41, 5.74) is 1.39. The van der Waals surface area contributed by atoms with Crippen LogP contribution < -0.4 is 5.32 Å². The van der Waals surface area contributed by atoms with Gasteiger partial charge in [-0.25, -0.2) is 4.98 Å². The molecule has 1 aliphatic carbocycles. The summed E-state index contributed by atoms with van der Waals surface area (Å²) in [7, 11) is 0. The van der Waals surface area contributed by atoms with Crippen LogP contribution in [0.5, 0.6) is 0 Å². The number of allylic oxidation sites excluding steroid dienone is 1. The van der Waals surface area contributed by atoms with Gasteiger partial charge in [0.25, 0.3) is 0 Å². The van der Waals surface area contributed by atoms with Crippen molar-refractivity contribution < 1.29 is 0 Å². The molecule has 18 heavy (non-hydrogen) atoms. The molecule has 0 bridgehead atoms. The average molecular weight is 264 g/mol. The summed E-state index contributed by atoms with van der Waals surface area (Å²) in [6.45, 7) is 7.76. The van der Waals surface area contributed by atoms with Crippen molar-refractivity contribution in [3.05, 3.63) is 28.2 Å². The molecular weight excluding hydrogens is 240 g/mol. The van der Waals surface area contributed by atoms with Gasteiger partial charge >= 0.3 is 0 Å². The Morgan fingerprint density at radius 3 is 2.78 bits per heavy atom. The van der Waals surface area contributed by atoms with Crippen molar-refractivity contribution in [2.75, 3.05) is 6.54 Å². The van der Waals surface area contributed by atoms with Crippen LogP contribution in [0.3, 0.4) is 0 Å². The predicted molar refractivity (Wildman–Crippen MR) is 79.3 cm³/mol.